The van der Waals surface area contributed by atoms with Crippen molar-refractivity contribution in [1.82, 2.24) is 19.7 Å². The van der Waals surface area contributed by atoms with Crippen LogP contribution in [0.5, 0.6) is 0 Å². The quantitative estimate of drug-likeness (QED) is 0.142. The Morgan fingerprint density at radius 1 is 0.685 bits per heavy atom. The summed E-state index contributed by atoms with van der Waals surface area (Å²) in [5, 5.41) is 4.84. The van der Waals surface area contributed by atoms with E-state index in [1.54, 1.807) is 48.5 Å². The van der Waals surface area contributed by atoms with Gasteiger partial charge in [-0.25, -0.2) is 14.6 Å². The van der Waals surface area contributed by atoms with Gasteiger partial charge in [0.2, 0.25) is 0 Å². The van der Waals surface area contributed by atoms with Gasteiger partial charge in [-0.1, -0.05) is 30.3 Å². The maximum Gasteiger partial charge on any atom is 0.303 e. The molecular weight excluding hydrogens is 712 g/mol. The van der Waals surface area contributed by atoms with Gasteiger partial charge in [-0.15, -0.1) is 0 Å². The SMILES string of the molecule is CC(=O)OC[C@H]1O[C@H](O[C@@H](c2nn(-c3ccccc3)c3nc4ccccc4nc23)[C@@H](COC(C)=O)OC(C)=O)[C@H](OC(C)=O)[C@@H](OC(C)=O)[C@@H]1OC(C)=O. The maximum absolute atomic E-state index is 12.6. The third-order valence-corrected chi connectivity index (χ3v) is 7.81. The fourth-order valence-corrected chi connectivity index (χ4v) is 5.82. The van der Waals surface area contributed by atoms with Crippen LogP contribution >= 0.6 is 0 Å². The molecular formula is C36H38N4O14. The number of carbonyl (C=O) groups is 6. The minimum Gasteiger partial charge on any atom is -0.463 e. The summed E-state index contributed by atoms with van der Waals surface area (Å²) >= 11 is 0. The second-order valence-electron chi connectivity index (χ2n) is 12.1. The largest absolute Gasteiger partial charge is 0.463 e. The number of nitrogens with zero attached hydrogens (tertiary/aromatic N) is 4. The van der Waals surface area contributed by atoms with Crippen LogP contribution in [-0.2, 0) is 66.7 Å². The van der Waals surface area contributed by atoms with Gasteiger partial charge in [-0.05, 0) is 24.3 Å². The van der Waals surface area contributed by atoms with Crippen molar-refractivity contribution in [2.45, 2.75) is 84.5 Å². The van der Waals surface area contributed by atoms with Gasteiger partial charge in [0.05, 0.1) is 16.7 Å². The summed E-state index contributed by atoms with van der Waals surface area (Å²) in [7, 11) is 0. The molecule has 1 saturated heterocycles. The number of ether oxygens (including phenoxy) is 8. The molecule has 1 aliphatic heterocycles. The van der Waals surface area contributed by atoms with Gasteiger partial charge in [-0.3, -0.25) is 28.8 Å². The molecule has 7 atom stereocenters. The predicted octanol–water partition coefficient (Wildman–Crippen LogP) is 2.60. The molecule has 2 aromatic heterocycles. The van der Waals surface area contributed by atoms with Crippen LogP contribution in [-0.4, -0.2) is 106 Å². The van der Waals surface area contributed by atoms with Crippen molar-refractivity contribution in [2.75, 3.05) is 13.2 Å². The number of aromatic nitrogens is 4. The van der Waals surface area contributed by atoms with E-state index in [1.807, 2.05) is 6.07 Å². The Morgan fingerprint density at radius 3 is 1.85 bits per heavy atom. The van der Waals surface area contributed by atoms with Crippen molar-refractivity contribution < 1.29 is 66.7 Å². The number of esters is 6. The summed E-state index contributed by atoms with van der Waals surface area (Å²) in [5.41, 5.74) is 2.01. The molecule has 0 N–H and O–H groups in total. The Morgan fingerprint density at radius 2 is 1.26 bits per heavy atom. The lowest BCUT2D eigenvalue weighted by molar-refractivity contribution is -0.324. The van der Waals surface area contributed by atoms with Gasteiger partial charge in [0.15, 0.2) is 36.4 Å². The van der Waals surface area contributed by atoms with E-state index in [1.165, 1.54) is 4.68 Å². The average molecular weight is 751 g/mol. The molecule has 0 amide bonds. The van der Waals surface area contributed by atoms with Gasteiger partial charge in [0.25, 0.3) is 0 Å². The summed E-state index contributed by atoms with van der Waals surface area (Å²) in [6.45, 7) is 5.55. The molecule has 286 valence electrons. The zero-order valence-corrected chi connectivity index (χ0v) is 30.2. The van der Waals surface area contributed by atoms with Crippen LogP contribution in [0.1, 0.15) is 53.3 Å². The first-order valence-electron chi connectivity index (χ1n) is 16.7. The minimum absolute atomic E-state index is 0.0124. The first-order chi connectivity index (χ1) is 25.7. The minimum atomic E-state index is -1.75. The van der Waals surface area contributed by atoms with E-state index < -0.39 is 91.9 Å². The molecule has 5 rings (SSSR count). The van der Waals surface area contributed by atoms with E-state index >= 15 is 0 Å². The van der Waals surface area contributed by atoms with Crippen LogP contribution in [0.25, 0.3) is 27.9 Å². The van der Waals surface area contributed by atoms with Crippen LogP contribution in [0.3, 0.4) is 0 Å². The predicted molar refractivity (Wildman–Crippen MR) is 182 cm³/mol. The number of hydrogen-bond donors (Lipinski definition) is 0. The highest BCUT2D eigenvalue weighted by molar-refractivity contribution is 5.87. The average Bonchev–Trinajstić information content (AvgIpc) is 3.47. The number of hydrogen-bond acceptors (Lipinski definition) is 17. The lowest BCUT2D eigenvalue weighted by atomic mass is 9.97. The van der Waals surface area contributed by atoms with Crippen molar-refractivity contribution >= 4 is 58.0 Å². The Bertz CT molecular complexity index is 2040. The standard InChI is InChI=1S/C36H38N4O14/c1-18(41)47-16-27(49-20(3)43)31(29-30-35(38-26-15-11-10-14-25(26)37-30)40(39-29)24-12-8-7-9-13-24)54-36-34(52-23(6)46)33(51-22(5)45)32(50-21(4)44)28(53-36)17-48-19(2)42/h7-15,27-28,31-34,36H,16-17H2,1-6H3/t27-,28-,31-,32-,33+,34-,36-/m1/s1. The van der Waals surface area contributed by atoms with Gasteiger partial charge in [-0.2, -0.15) is 5.10 Å². The number of benzene rings is 2. The zero-order chi connectivity index (χ0) is 39.1. The van der Waals surface area contributed by atoms with Crippen LogP contribution < -0.4 is 0 Å². The van der Waals surface area contributed by atoms with Crippen LogP contribution in [0.4, 0.5) is 0 Å². The molecule has 0 bridgehead atoms. The number of fused-ring (bicyclic) bond motifs is 2. The first kappa shape index (κ1) is 39.2. The van der Waals surface area contributed by atoms with E-state index in [4.69, 9.17) is 53.0 Å². The Hall–Kier alpha value is -6.01. The lowest BCUT2D eigenvalue weighted by Gasteiger charge is -2.45. The summed E-state index contributed by atoms with van der Waals surface area (Å²) in [6, 6.07) is 16.0. The van der Waals surface area contributed by atoms with E-state index in [0.717, 1.165) is 41.5 Å². The fourth-order valence-electron chi connectivity index (χ4n) is 5.82. The Labute approximate surface area is 307 Å². The summed E-state index contributed by atoms with van der Waals surface area (Å²) in [6.07, 6.45) is -10.9. The number of para-hydroxylation sites is 3. The molecule has 18 nitrogen and oxygen atoms in total. The third kappa shape index (κ3) is 9.50. The Balaban J connectivity index is 1.74. The molecule has 18 heteroatoms. The molecule has 3 heterocycles. The molecule has 0 radical (unpaired) electrons. The molecule has 2 aromatic carbocycles. The second kappa shape index (κ2) is 17.2. The molecule has 1 aliphatic rings. The topological polar surface area (TPSA) is 220 Å². The molecule has 54 heavy (non-hydrogen) atoms. The second-order valence-corrected chi connectivity index (χ2v) is 12.1. The normalized spacial score (nSPS) is 20.7. The fraction of sp³-hybridized carbons (Fsp3) is 0.417. The smallest absolute Gasteiger partial charge is 0.303 e. The number of rotatable bonds is 13. The zero-order valence-electron chi connectivity index (χ0n) is 30.2. The van der Waals surface area contributed by atoms with Gasteiger partial charge in [0, 0.05) is 41.5 Å². The van der Waals surface area contributed by atoms with Crippen molar-refractivity contribution in [3.05, 3.63) is 60.3 Å². The van der Waals surface area contributed by atoms with Crippen LogP contribution in [0.2, 0.25) is 0 Å². The van der Waals surface area contributed by atoms with E-state index in [-0.39, 0.29) is 16.9 Å². The van der Waals surface area contributed by atoms with Crippen molar-refractivity contribution in [3.63, 3.8) is 0 Å². The van der Waals surface area contributed by atoms with Crippen molar-refractivity contribution in [1.29, 1.82) is 0 Å². The maximum atomic E-state index is 12.6. The van der Waals surface area contributed by atoms with E-state index in [9.17, 15) is 28.8 Å². The Kier molecular flexibility index (Phi) is 12.5. The molecule has 0 aliphatic carbocycles. The van der Waals surface area contributed by atoms with Crippen LogP contribution in [0, 0.1) is 0 Å². The van der Waals surface area contributed by atoms with Gasteiger partial charge in [0.1, 0.15) is 36.6 Å². The van der Waals surface area contributed by atoms with E-state index in [2.05, 4.69) is 0 Å². The third-order valence-electron chi connectivity index (χ3n) is 7.81. The summed E-state index contributed by atoms with van der Waals surface area (Å²) in [4.78, 5) is 83.6. The highest BCUT2D eigenvalue weighted by Crippen LogP contribution is 2.37. The van der Waals surface area contributed by atoms with Gasteiger partial charge >= 0.3 is 35.8 Å². The highest BCUT2D eigenvalue weighted by Gasteiger charge is 2.54. The van der Waals surface area contributed by atoms with Crippen LogP contribution in [0.15, 0.2) is 54.6 Å². The summed E-state index contributed by atoms with van der Waals surface area (Å²) in [5.74, 6) is -4.80. The van der Waals surface area contributed by atoms with Gasteiger partial charge < -0.3 is 37.9 Å². The van der Waals surface area contributed by atoms with E-state index in [0.29, 0.717) is 16.7 Å². The molecule has 0 saturated carbocycles. The number of carbonyl (C=O) groups excluding carboxylic acids is 6. The summed E-state index contributed by atoms with van der Waals surface area (Å²) < 4.78 is 47.1. The molecule has 4 aromatic rings. The molecule has 0 spiro atoms. The van der Waals surface area contributed by atoms with Crippen molar-refractivity contribution in [2.24, 2.45) is 0 Å². The first-order valence-corrected chi connectivity index (χ1v) is 16.7. The highest BCUT2D eigenvalue weighted by atomic mass is 16.7. The lowest BCUT2D eigenvalue weighted by Crippen LogP contribution is -2.63. The van der Waals surface area contributed by atoms with Crippen molar-refractivity contribution in [3.8, 4) is 5.69 Å². The monoisotopic (exact) mass is 750 g/mol. The molecule has 1 fully saturated rings. The molecule has 0 unspecified atom stereocenters.